The van der Waals surface area contributed by atoms with Crippen molar-refractivity contribution in [3.8, 4) is 5.75 Å². The zero-order chi connectivity index (χ0) is 20.1. The molecule has 4 rings (SSSR count). The Bertz CT molecular complexity index is 873. The summed E-state index contributed by atoms with van der Waals surface area (Å²) in [4.78, 5) is 16.4. The van der Waals surface area contributed by atoms with Gasteiger partial charge in [-0.25, -0.2) is 0 Å². The highest BCUT2D eigenvalue weighted by Gasteiger charge is 2.25. The first-order chi connectivity index (χ1) is 14.2. The van der Waals surface area contributed by atoms with Crippen LogP contribution in [0.3, 0.4) is 0 Å². The van der Waals surface area contributed by atoms with Crippen molar-refractivity contribution in [3.05, 3.63) is 59.7 Å². The van der Waals surface area contributed by atoms with Crippen LogP contribution in [0.25, 0.3) is 0 Å². The molecule has 0 aromatic heterocycles. The van der Waals surface area contributed by atoms with Crippen LogP contribution < -0.4 is 20.7 Å². The number of benzene rings is 2. The summed E-state index contributed by atoms with van der Waals surface area (Å²) in [5.74, 6) is 2.02. The number of para-hydroxylation sites is 1. The van der Waals surface area contributed by atoms with Crippen molar-refractivity contribution in [2.75, 3.05) is 18.9 Å². The Hall–Kier alpha value is -2.29. The third-order valence-electron chi connectivity index (χ3n) is 5.57. The van der Waals surface area contributed by atoms with E-state index in [1.165, 1.54) is 5.56 Å². The number of nitrogens with one attached hydrogen (secondary N) is 3. The first kappa shape index (κ1) is 22.4. The van der Waals surface area contributed by atoms with Crippen molar-refractivity contribution in [2.24, 2.45) is 10.9 Å². The smallest absolute Gasteiger partial charge is 0.227 e. The van der Waals surface area contributed by atoms with Crippen LogP contribution in [-0.2, 0) is 17.8 Å². The highest BCUT2D eigenvalue weighted by molar-refractivity contribution is 14.0. The van der Waals surface area contributed by atoms with Gasteiger partial charge in [-0.3, -0.25) is 9.79 Å². The largest absolute Gasteiger partial charge is 0.488 e. The lowest BCUT2D eigenvalue weighted by Crippen LogP contribution is -2.41. The molecule has 1 saturated carbocycles. The van der Waals surface area contributed by atoms with Crippen molar-refractivity contribution in [1.82, 2.24) is 10.6 Å². The molecule has 0 saturated heterocycles. The molecular formula is C23H29IN4O2. The standard InChI is InChI=1S/C23H28N4O2.HI/c1-24-23(26-15-20-13-18-7-2-3-11-21(18)29-20)25-14-16-6-4-10-19(12-16)27-22(28)17-8-5-9-17;/h2-4,6-7,10-12,17,20H,5,8-9,13-15H2,1H3,(H,27,28)(H2,24,25,26);1H. The molecule has 1 aliphatic heterocycles. The van der Waals surface area contributed by atoms with Gasteiger partial charge in [0.05, 0.1) is 6.54 Å². The lowest BCUT2D eigenvalue weighted by atomic mass is 9.85. The van der Waals surface area contributed by atoms with Gasteiger partial charge in [-0.05, 0) is 42.2 Å². The van der Waals surface area contributed by atoms with Crippen LogP contribution in [-0.4, -0.2) is 31.6 Å². The predicted octanol–water partition coefficient (Wildman–Crippen LogP) is 3.71. The van der Waals surface area contributed by atoms with Gasteiger partial charge in [-0.2, -0.15) is 0 Å². The molecule has 0 radical (unpaired) electrons. The van der Waals surface area contributed by atoms with Gasteiger partial charge in [0.25, 0.3) is 0 Å². The summed E-state index contributed by atoms with van der Waals surface area (Å²) in [6.07, 6.45) is 4.18. The van der Waals surface area contributed by atoms with Gasteiger partial charge in [0, 0.05) is 31.6 Å². The Morgan fingerprint density at radius 1 is 1.13 bits per heavy atom. The third-order valence-corrected chi connectivity index (χ3v) is 5.57. The van der Waals surface area contributed by atoms with Gasteiger partial charge in [0.2, 0.25) is 5.91 Å². The summed E-state index contributed by atoms with van der Waals surface area (Å²) in [7, 11) is 1.76. The molecule has 7 heteroatoms. The van der Waals surface area contributed by atoms with Crippen LogP contribution in [0.5, 0.6) is 5.75 Å². The number of hydrogen-bond acceptors (Lipinski definition) is 3. The minimum atomic E-state index is 0. The molecular weight excluding hydrogens is 491 g/mol. The fourth-order valence-corrected chi connectivity index (χ4v) is 3.66. The highest BCUT2D eigenvalue weighted by Crippen LogP contribution is 2.28. The molecule has 1 atom stereocenters. The molecule has 1 aliphatic carbocycles. The van der Waals surface area contributed by atoms with E-state index in [4.69, 9.17) is 4.74 Å². The SMILES string of the molecule is CN=C(NCc1cccc(NC(=O)C2CCC2)c1)NCC1Cc2ccccc2O1.I. The van der Waals surface area contributed by atoms with Crippen LogP contribution in [0.4, 0.5) is 5.69 Å². The minimum absolute atomic E-state index is 0. The Kier molecular flexibility index (Phi) is 7.95. The fraction of sp³-hybridized carbons (Fsp3) is 0.391. The first-order valence-electron chi connectivity index (χ1n) is 10.3. The van der Waals surface area contributed by atoms with Crippen molar-refractivity contribution < 1.29 is 9.53 Å². The number of carbonyl (C=O) groups is 1. The Balaban J connectivity index is 0.00000256. The summed E-state index contributed by atoms with van der Waals surface area (Å²) in [5, 5.41) is 9.69. The van der Waals surface area contributed by atoms with Crippen LogP contribution in [0.2, 0.25) is 0 Å². The molecule has 3 N–H and O–H groups in total. The minimum Gasteiger partial charge on any atom is -0.488 e. The van der Waals surface area contributed by atoms with Gasteiger partial charge in [-0.1, -0.05) is 36.8 Å². The van der Waals surface area contributed by atoms with E-state index in [-0.39, 0.29) is 41.9 Å². The number of amides is 1. The Morgan fingerprint density at radius 3 is 2.70 bits per heavy atom. The van der Waals surface area contributed by atoms with Gasteiger partial charge < -0.3 is 20.7 Å². The van der Waals surface area contributed by atoms with Crippen LogP contribution in [0, 0.1) is 5.92 Å². The number of carbonyl (C=O) groups excluding carboxylic acids is 1. The number of halogens is 1. The van der Waals surface area contributed by atoms with Crippen molar-refractivity contribution in [3.63, 3.8) is 0 Å². The fourth-order valence-electron chi connectivity index (χ4n) is 3.66. The Morgan fingerprint density at radius 2 is 1.97 bits per heavy atom. The topological polar surface area (TPSA) is 74.8 Å². The van der Waals surface area contributed by atoms with Crippen LogP contribution >= 0.6 is 24.0 Å². The molecule has 2 aromatic rings. The summed E-state index contributed by atoms with van der Waals surface area (Å²) in [6.45, 7) is 1.31. The normalized spacial score (nSPS) is 17.8. The summed E-state index contributed by atoms with van der Waals surface area (Å²) in [5.41, 5.74) is 3.19. The summed E-state index contributed by atoms with van der Waals surface area (Å²) in [6, 6.07) is 16.1. The maximum atomic E-state index is 12.1. The van der Waals surface area contributed by atoms with Crippen molar-refractivity contribution >= 4 is 41.5 Å². The summed E-state index contributed by atoms with van der Waals surface area (Å²) < 4.78 is 5.97. The molecule has 2 aliphatic rings. The molecule has 0 bridgehead atoms. The molecule has 6 nitrogen and oxygen atoms in total. The van der Waals surface area contributed by atoms with E-state index >= 15 is 0 Å². The molecule has 0 spiro atoms. The average molecular weight is 520 g/mol. The van der Waals surface area contributed by atoms with Gasteiger partial charge in [0.15, 0.2) is 5.96 Å². The zero-order valence-corrected chi connectivity index (χ0v) is 19.5. The number of fused-ring (bicyclic) bond motifs is 1. The van der Waals surface area contributed by atoms with Crippen molar-refractivity contribution in [1.29, 1.82) is 0 Å². The number of ether oxygens (including phenoxy) is 1. The Labute approximate surface area is 194 Å². The lowest BCUT2D eigenvalue weighted by Gasteiger charge is -2.24. The lowest BCUT2D eigenvalue weighted by molar-refractivity contribution is -0.122. The molecule has 1 amide bonds. The number of aliphatic imine (C=N–C) groups is 1. The van der Waals surface area contributed by atoms with Gasteiger partial charge in [0.1, 0.15) is 11.9 Å². The number of rotatable bonds is 6. The van der Waals surface area contributed by atoms with E-state index < -0.39 is 0 Å². The quantitative estimate of drug-likeness (QED) is 0.309. The maximum Gasteiger partial charge on any atom is 0.227 e. The second kappa shape index (κ2) is 10.7. The van der Waals surface area contributed by atoms with E-state index in [1.54, 1.807) is 7.05 Å². The van der Waals surface area contributed by atoms with E-state index in [2.05, 4.69) is 27.0 Å². The van der Waals surface area contributed by atoms with Crippen LogP contribution in [0.1, 0.15) is 30.4 Å². The second-order valence-corrected chi connectivity index (χ2v) is 7.68. The third kappa shape index (κ3) is 5.65. The molecule has 160 valence electrons. The van der Waals surface area contributed by atoms with Gasteiger partial charge >= 0.3 is 0 Å². The molecule has 30 heavy (non-hydrogen) atoms. The van der Waals surface area contributed by atoms with E-state index in [1.807, 2.05) is 42.5 Å². The number of hydrogen-bond donors (Lipinski definition) is 3. The van der Waals surface area contributed by atoms with Crippen molar-refractivity contribution in [2.45, 2.75) is 38.3 Å². The number of anilines is 1. The highest BCUT2D eigenvalue weighted by atomic mass is 127. The average Bonchev–Trinajstić information content (AvgIpc) is 3.10. The maximum absolute atomic E-state index is 12.1. The molecule has 1 heterocycles. The first-order valence-corrected chi connectivity index (χ1v) is 10.3. The molecule has 2 aromatic carbocycles. The second-order valence-electron chi connectivity index (χ2n) is 7.68. The number of guanidine groups is 1. The predicted molar refractivity (Wildman–Crippen MR) is 131 cm³/mol. The molecule has 1 unspecified atom stereocenters. The number of nitrogens with zero attached hydrogens (tertiary/aromatic N) is 1. The summed E-state index contributed by atoms with van der Waals surface area (Å²) >= 11 is 0. The van der Waals surface area contributed by atoms with Crippen LogP contribution in [0.15, 0.2) is 53.5 Å². The zero-order valence-electron chi connectivity index (χ0n) is 17.2. The van der Waals surface area contributed by atoms with E-state index in [9.17, 15) is 4.79 Å². The monoisotopic (exact) mass is 520 g/mol. The van der Waals surface area contributed by atoms with Gasteiger partial charge in [-0.15, -0.1) is 24.0 Å². The van der Waals surface area contributed by atoms with E-state index in [0.29, 0.717) is 13.1 Å². The molecule has 1 fully saturated rings. The van der Waals surface area contributed by atoms with E-state index in [0.717, 1.165) is 48.6 Å².